The molecule has 9 heteroatoms. The van der Waals surface area contributed by atoms with Gasteiger partial charge < -0.3 is 19.3 Å². The van der Waals surface area contributed by atoms with Gasteiger partial charge in [-0.25, -0.2) is 19.2 Å². The molecule has 1 aromatic heterocycles. The Labute approximate surface area is 224 Å². The Morgan fingerprint density at radius 2 is 1.84 bits per heavy atom. The minimum absolute atomic E-state index is 0.0188. The zero-order chi connectivity index (χ0) is 26.2. The van der Waals surface area contributed by atoms with Crippen molar-refractivity contribution in [3.05, 3.63) is 65.3 Å². The lowest BCUT2D eigenvalue weighted by Gasteiger charge is -2.27. The van der Waals surface area contributed by atoms with Gasteiger partial charge in [0.15, 0.2) is 11.6 Å². The number of halogens is 2. The Balaban J connectivity index is 1.37. The number of rotatable bonds is 4. The van der Waals surface area contributed by atoms with Crippen molar-refractivity contribution in [2.75, 3.05) is 31.1 Å². The lowest BCUT2D eigenvalue weighted by atomic mass is 9.86. The lowest BCUT2D eigenvalue weighted by molar-refractivity contribution is 0.0276. The van der Waals surface area contributed by atoms with Gasteiger partial charge in [0.2, 0.25) is 0 Å². The first kappa shape index (κ1) is 25.4. The van der Waals surface area contributed by atoms with Crippen LogP contribution in [0.15, 0.2) is 59.5 Å². The van der Waals surface area contributed by atoms with Gasteiger partial charge >= 0.3 is 6.09 Å². The molecule has 1 unspecified atom stereocenters. The number of benzene rings is 2. The van der Waals surface area contributed by atoms with Gasteiger partial charge in [0.1, 0.15) is 23.5 Å². The molecule has 2 aromatic carbocycles. The Hall–Kier alpha value is -3.20. The first-order chi connectivity index (χ1) is 17.6. The van der Waals surface area contributed by atoms with Gasteiger partial charge in [-0.1, -0.05) is 34.1 Å². The largest absolute Gasteiger partial charge is 0.451 e. The van der Waals surface area contributed by atoms with Crippen LogP contribution in [-0.4, -0.2) is 52.7 Å². The summed E-state index contributed by atoms with van der Waals surface area (Å²) in [6.07, 6.45) is 4.74. The van der Waals surface area contributed by atoms with Gasteiger partial charge in [-0.3, -0.25) is 0 Å². The van der Waals surface area contributed by atoms with Crippen molar-refractivity contribution in [2.45, 2.75) is 39.2 Å². The minimum atomic E-state index is -0.518. The van der Waals surface area contributed by atoms with E-state index >= 15 is 0 Å². The molecular formula is C28H30BrFN4O3. The molecule has 2 aliphatic rings. The van der Waals surface area contributed by atoms with Crippen LogP contribution in [0.4, 0.5) is 15.0 Å². The van der Waals surface area contributed by atoms with Gasteiger partial charge in [-0.2, -0.15) is 0 Å². The number of carbonyl (C=O) groups is 1. The highest BCUT2D eigenvalue weighted by molar-refractivity contribution is 9.10. The fourth-order valence-corrected chi connectivity index (χ4v) is 5.58. The molecule has 2 aliphatic heterocycles. The minimum Gasteiger partial charge on any atom is -0.451 e. The summed E-state index contributed by atoms with van der Waals surface area (Å²) in [5, 5.41) is 0. The van der Waals surface area contributed by atoms with E-state index in [4.69, 9.17) is 9.47 Å². The fraction of sp³-hybridized carbons (Fsp3) is 0.393. The van der Waals surface area contributed by atoms with E-state index in [-0.39, 0.29) is 17.3 Å². The number of anilines is 1. The predicted octanol–water partition coefficient (Wildman–Crippen LogP) is 6.67. The number of amides is 1. The maximum absolute atomic E-state index is 14.2. The molecule has 0 radical (unpaired) electrons. The Kier molecular flexibility index (Phi) is 6.83. The number of aromatic nitrogens is 2. The summed E-state index contributed by atoms with van der Waals surface area (Å²) in [6, 6.07) is 12.1. The molecular weight excluding hydrogens is 539 g/mol. The molecule has 194 valence electrons. The molecule has 3 heterocycles. The normalized spacial score (nSPS) is 19.5. The van der Waals surface area contributed by atoms with Crippen molar-refractivity contribution in [2.24, 2.45) is 5.41 Å². The average Bonchev–Trinajstić information content (AvgIpc) is 3.47. The first-order valence-corrected chi connectivity index (χ1v) is 13.2. The van der Waals surface area contributed by atoms with Crippen molar-refractivity contribution in [1.82, 2.24) is 14.9 Å². The van der Waals surface area contributed by atoms with E-state index < -0.39 is 5.60 Å². The van der Waals surface area contributed by atoms with Crippen molar-refractivity contribution in [3.8, 4) is 22.6 Å². The van der Waals surface area contributed by atoms with Crippen LogP contribution in [0, 0.1) is 11.2 Å². The maximum atomic E-state index is 14.2. The third kappa shape index (κ3) is 5.56. The first-order valence-electron chi connectivity index (χ1n) is 12.4. The SMILES string of the molecule is CC(C)(C)OC(=O)N1CCC2(CCN(c3ncncc3Oc3ccc(F)cc3-c3ccccc3Br)C2)C1. The van der Waals surface area contributed by atoms with Crippen LogP contribution in [0.3, 0.4) is 0 Å². The lowest BCUT2D eigenvalue weighted by Crippen LogP contribution is -2.37. The van der Waals surface area contributed by atoms with Crippen LogP contribution in [0.2, 0.25) is 0 Å². The summed E-state index contributed by atoms with van der Waals surface area (Å²) in [7, 11) is 0. The Morgan fingerprint density at radius 1 is 1.05 bits per heavy atom. The van der Waals surface area contributed by atoms with Gasteiger partial charge in [-0.15, -0.1) is 0 Å². The number of carbonyl (C=O) groups excluding carboxylic acids is 1. The monoisotopic (exact) mass is 568 g/mol. The molecule has 5 rings (SSSR count). The summed E-state index contributed by atoms with van der Waals surface area (Å²) >= 11 is 3.56. The van der Waals surface area contributed by atoms with E-state index in [2.05, 4.69) is 30.8 Å². The second-order valence-electron chi connectivity index (χ2n) is 10.8. The van der Waals surface area contributed by atoms with Crippen LogP contribution < -0.4 is 9.64 Å². The third-order valence-electron chi connectivity index (χ3n) is 6.81. The molecule has 2 saturated heterocycles. The number of likely N-dealkylation sites (tertiary alicyclic amines) is 1. The molecule has 0 aliphatic carbocycles. The second-order valence-corrected chi connectivity index (χ2v) is 11.6. The fourth-order valence-electron chi connectivity index (χ4n) is 5.09. The molecule has 3 aromatic rings. The average molecular weight is 569 g/mol. The van der Waals surface area contributed by atoms with Crippen molar-refractivity contribution >= 4 is 27.8 Å². The topological polar surface area (TPSA) is 67.8 Å². The van der Waals surface area contributed by atoms with Crippen molar-refractivity contribution in [3.63, 3.8) is 0 Å². The summed E-state index contributed by atoms with van der Waals surface area (Å²) in [6.45, 7) is 8.52. The molecule has 1 spiro atoms. The van der Waals surface area contributed by atoms with E-state index in [0.29, 0.717) is 36.0 Å². The quantitative estimate of drug-likeness (QED) is 0.350. The van der Waals surface area contributed by atoms with Crippen LogP contribution in [0.1, 0.15) is 33.6 Å². The smallest absolute Gasteiger partial charge is 0.410 e. The third-order valence-corrected chi connectivity index (χ3v) is 7.50. The van der Waals surface area contributed by atoms with Gasteiger partial charge in [0, 0.05) is 41.6 Å². The van der Waals surface area contributed by atoms with E-state index in [9.17, 15) is 9.18 Å². The number of nitrogens with zero attached hydrogens (tertiary/aromatic N) is 4. The summed E-state index contributed by atoms with van der Waals surface area (Å²) < 4.78 is 27.0. The predicted molar refractivity (Wildman–Crippen MR) is 143 cm³/mol. The van der Waals surface area contributed by atoms with Crippen LogP contribution in [0.25, 0.3) is 11.1 Å². The number of hydrogen-bond donors (Lipinski definition) is 0. The highest BCUT2D eigenvalue weighted by Crippen LogP contribution is 2.44. The maximum Gasteiger partial charge on any atom is 0.410 e. The summed E-state index contributed by atoms with van der Waals surface area (Å²) in [4.78, 5) is 25.4. The summed E-state index contributed by atoms with van der Waals surface area (Å²) in [5.41, 5.74) is 0.915. The number of hydrogen-bond acceptors (Lipinski definition) is 6. The standard InChI is InChI=1S/C28H30BrFN4O3/c1-27(2,3)37-26(35)34-13-11-28(17-34)10-12-33(16-28)25-24(15-31-18-32-25)36-23-9-8-19(30)14-21(23)20-6-4-5-7-22(20)29/h4-9,14-15,18H,10-13,16-17H2,1-3H3. The van der Waals surface area contributed by atoms with Crippen LogP contribution in [0.5, 0.6) is 11.5 Å². The highest BCUT2D eigenvalue weighted by atomic mass is 79.9. The summed E-state index contributed by atoms with van der Waals surface area (Å²) in [5.74, 6) is 1.35. The van der Waals surface area contributed by atoms with Gasteiger partial charge in [-0.05, 0) is 63.4 Å². The van der Waals surface area contributed by atoms with E-state index in [1.54, 1.807) is 12.3 Å². The van der Waals surface area contributed by atoms with E-state index in [0.717, 1.165) is 36.0 Å². The highest BCUT2D eigenvalue weighted by Gasteiger charge is 2.46. The molecule has 0 saturated carbocycles. The molecule has 1 amide bonds. The molecule has 7 nitrogen and oxygen atoms in total. The van der Waals surface area contributed by atoms with Crippen molar-refractivity contribution < 1.29 is 18.7 Å². The van der Waals surface area contributed by atoms with Crippen LogP contribution >= 0.6 is 15.9 Å². The van der Waals surface area contributed by atoms with Gasteiger partial charge in [0.25, 0.3) is 0 Å². The molecule has 0 N–H and O–H groups in total. The van der Waals surface area contributed by atoms with Crippen molar-refractivity contribution in [1.29, 1.82) is 0 Å². The number of ether oxygens (including phenoxy) is 2. The zero-order valence-corrected chi connectivity index (χ0v) is 22.8. The molecule has 37 heavy (non-hydrogen) atoms. The molecule has 1 atom stereocenters. The Morgan fingerprint density at radius 3 is 2.62 bits per heavy atom. The second kappa shape index (κ2) is 9.93. The molecule has 2 fully saturated rings. The van der Waals surface area contributed by atoms with E-state index in [1.165, 1.54) is 18.5 Å². The Bertz CT molecular complexity index is 1310. The molecule has 0 bridgehead atoms. The van der Waals surface area contributed by atoms with Crippen LogP contribution in [-0.2, 0) is 4.74 Å². The van der Waals surface area contributed by atoms with E-state index in [1.807, 2.05) is 49.9 Å². The zero-order valence-electron chi connectivity index (χ0n) is 21.2. The van der Waals surface area contributed by atoms with Gasteiger partial charge in [0.05, 0.1) is 6.20 Å².